The minimum atomic E-state index is -0.479. The quantitative estimate of drug-likeness (QED) is 0.538. The molecule has 0 fully saturated rings. The summed E-state index contributed by atoms with van der Waals surface area (Å²) in [6.45, 7) is 0. The number of hydrogen-bond donors (Lipinski definition) is 1. The van der Waals surface area contributed by atoms with Crippen molar-refractivity contribution < 1.29 is 19.0 Å². The van der Waals surface area contributed by atoms with E-state index < -0.39 is 5.82 Å². The summed E-state index contributed by atoms with van der Waals surface area (Å²) in [5.74, 6) is 0.216. The highest BCUT2D eigenvalue weighted by atomic mass is 19.1. The first-order valence-electron chi connectivity index (χ1n) is 8.71. The zero-order valence-corrected chi connectivity index (χ0v) is 15.7. The van der Waals surface area contributed by atoms with E-state index in [-0.39, 0.29) is 17.6 Å². The molecule has 2 aromatic carbocycles. The average molecular weight is 392 g/mol. The summed E-state index contributed by atoms with van der Waals surface area (Å²) in [5.41, 5.74) is 1.59. The number of ether oxygens (including phenoxy) is 2. The summed E-state index contributed by atoms with van der Waals surface area (Å²) in [6, 6.07) is 13.2. The Balaban J connectivity index is 1.58. The van der Waals surface area contributed by atoms with E-state index in [9.17, 15) is 9.50 Å². The van der Waals surface area contributed by atoms with Gasteiger partial charge in [-0.15, -0.1) is 0 Å². The van der Waals surface area contributed by atoms with E-state index in [1.54, 1.807) is 49.4 Å². The van der Waals surface area contributed by atoms with Gasteiger partial charge in [-0.25, -0.2) is 4.39 Å². The zero-order chi connectivity index (χ0) is 20.4. The van der Waals surface area contributed by atoms with Crippen molar-refractivity contribution in [3.63, 3.8) is 0 Å². The maximum absolute atomic E-state index is 14.7. The smallest absolute Gasteiger partial charge is 0.325 e. The van der Waals surface area contributed by atoms with Crippen molar-refractivity contribution in [2.45, 2.75) is 0 Å². The number of pyridine rings is 1. The van der Waals surface area contributed by atoms with Crippen molar-refractivity contribution in [2.75, 3.05) is 19.1 Å². The summed E-state index contributed by atoms with van der Waals surface area (Å²) in [4.78, 5) is 13.7. The SMILES string of the molecule is COc1ccc(N(C)c2ccc(Oc3nc(O)c4ccncc4n3)cc2F)cc1. The maximum atomic E-state index is 14.7. The summed E-state index contributed by atoms with van der Waals surface area (Å²) in [7, 11) is 3.35. The number of fused-ring (bicyclic) bond motifs is 1. The van der Waals surface area contributed by atoms with Gasteiger partial charge in [0.05, 0.1) is 29.9 Å². The second-order valence-corrected chi connectivity index (χ2v) is 6.19. The van der Waals surface area contributed by atoms with E-state index in [1.807, 2.05) is 12.1 Å². The van der Waals surface area contributed by atoms with Crippen molar-refractivity contribution in [1.29, 1.82) is 0 Å². The predicted octanol–water partition coefficient (Wildman–Crippen LogP) is 4.44. The van der Waals surface area contributed by atoms with E-state index in [0.29, 0.717) is 16.6 Å². The minimum absolute atomic E-state index is 0.0985. The molecular formula is C21H17FN4O3. The van der Waals surface area contributed by atoms with E-state index in [1.165, 1.54) is 18.5 Å². The lowest BCUT2D eigenvalue weighted by Crippen LogP contribution is -2.11. The molecule has 0 aliphatic carbocycles. The molecule has 146 valence electrons. The van der Waals surface area contributed by atoms with Gasteiger partial charge in [-0.2, -0.15) is 9.97 Å². The summed E-state index contributed by atoms with van der Waals surface area (Å²) in [5, 5.41) is 10.5. The predicted molar refractivity (Wildman–Crippen MR) is 107 cm³/mol. The number of aromatic nitrogens is 3. The van der Waals surface area contributed by atoms with Crippen LogP contribution in [0.25, 0.3) is 10.9 Å². The number of methoxy groups -OCH3 is 1. The monoisotopic (exact) mass is 392 g/mol. The lowest BCUT2D eigenvalue weighted by Gasteiger charge is -2.20. The fourth-order valence-electron chi connectivity index (χ4n) is 2.86. The molecule has 0 aliphatic rings. The third-order valence-electron chi connectivity index (χ3n) is 4.41. The number of halogens is 1. The fourth-order valence-corrected chi connectivity index (χ4v) is 2.86. The van der Waals surface area contributed by atoms with Crippen LogP contribution in [0.5, 0.6) is 23.4 Å². The van der Waals surface area contributed by atoms with Crippen LogP contribution in [-0.2, 0) is 0 Å². The van der Waals surface area contributed by atoms with E-state index in [0.717, 1.165) is 11.4 Å². The molecule has 2 heterocycles. The highest BCUT2D eigenvalue weighted by molar-refractivity contribution is 5.82. The summed E-state index contributed by atoms with van der Waals surface area (Å²) < 4.78 is 25.4. The largest absolute Gasteiger partial charge is 0.497 e. The lowest BCUT2D eigenvalue weighted by atomic mass is 10.2. The standard InChI is InChI=1S/C21H17FN4O3/c1-26(13-3-5-14(28-2)6-4-13)19-8-7-15(11-17(19)22)29-21-24-18-12-23-10-9-16(18)20(27)25-21/h3-12H,1-2H3,(H,24,25,27). The van der Waals surface area contributed by atoms with Gasteiger partial charge >= 0.3 is 6.01 Å². The zero-order valence-electron chi connectivity index (χ0n) is 15.7. The molecule has 4 aromatic rings. The average Bonchev–Trinajstić information content (AvgIpc) is 2.73. The van der Waals surface area contributed by atoms with Crippen molar-refractivity contribution >= 4 is 22.3 Å². The molecule has 0 aliphatic heterocycles. The van der Waals surface area contributed by atoms with Crippen LogP contribution in [-0.4, -0.2) is 34.2 Å². The van der Waals surface area contributed by atoms with Crippen molar-refractivity contribution in [3.05, 3.63) is 66.7 Å². The van der Waals surface area contributed by atoms with Gasteiger partial charge in [0, 0.05) is 25.0 Å². The molecule has 0 unspecified atom stereocenters. The Bertz CT molecular complexity index is 1170. The van der Waals surface area contributed by atoms with Gasteiger partial charge in [0.1, 0.15) is 11.5 Å². The molecule has 8 heteroatoms. The number of hydrogen-bond acceptors (Lipinski definition) is 7. The number of aromatic hydroxyl groups is 1. The van der Waals surface area contributed by atoms with Crippen molar-refractivity contribution in [1.82, 2.24) is 15.0 Å². The molecule has 0 saturated heterocycles. The molecule has 4 rings (SSSR count). The van der Waals surface area contributed by atoms with Crippen LogP contribution in [0, 0.1) is 5.82 Å². The normalized spacial score (nSPS) is 10.7. The van der Waals surface area contributed by atoms with E-state index in [4.69, 9.17) is 9.47 Å². The molecule has 2 aromatic heterocycles. The van der Waals surface area contributed by atoms with Crippen molar-refractivity contribution in [2.24, 2.45) is 0 Å². The number of rotatable bonds is 5. The van der Waals surface area contributed by atoms with Gasteiger partial charge in [-0.3, -0.25) is 4.98 Å². The molecule has 0 bridgehead atoms. The molecular weight excluding hydrogens is 375 g/mol. The van der Waals surface area contributed by atoms with Crippen LogP contribution in [0.2, 0.25) is 0 Å². The van der Waals surface area contributed by atoms with E-state index in [2.05, 4.69) is 15.0 Å². The van der Waals surface area contributed by atoms with Crippen LogP contribution >= 0.6 is 0 Å². The van der Waals surface area contributed by atoms with Crippen LogP contribution < -0.4 is 14.4 Å². The second-order valence-electron chi connectivity index (χ2n) is 6.19. The summed E-state index contributed by atoms with van der Waals surface area (Å²) in [6.07, 6.45) is 3.01. The highest BCUT2D eigenvalue weighted by Gasteiger charge is 2.13. The Labute approximate surface area is 166 Å². The number of anilines is 2. The van der Waals surface area contributed by atoms with Crippen LogP contribution in [0.4, 0.5) is 15.8 Å². The van der Waals surface area contributed by atoms with Crippen LogP contribution in [0.1, 0.15) is 0 Å². The number of benzene rings is 2. The highest BCUT2D eigenvalue weighted by Crippen LogP contribution is 2.32. The third kappa shape index (κ3) is 3.73. The molecule has 0 saturated carbocycles. The van der Waals surface area contributed by atoms with Gasteiger partial charge in [0.15, 0.2) is 5.82 Å². The van der Waals surface area contributed by atoms with Gasteiger partial charge in [-0.05, 0) is 42.5 Å². The van der Waals surface area contributed by atoms with Gasteiger partial charge < -0.3 is 19.5 Å². The van der Waals surface area contributed by atoms with Crippen molar-refractivity contribution in [3.8, 4) is 23.4 Å². The first kappa shape index (κ1) is 18.4. The first-order chi connectivity index (χ1) is 14.0. The third-order valence-corrected chi connectivity index (χ3v) is 4.41. The second kappa shape index (κ2) is 7.59. The Morgan fingerprint density at radius 1 is 1.00 bits per heavy atom. The molecule has 7 nitrogen and oxygen atoms in total. The van der Waals surface area contributed by atoms with Crippen LogP contribution in [0.3, 0.4) is 0 Å². The fraction of sp³-hybridized carbons (Fsp3) is 0.0952. The molecule has 29 heavy (non-hydrogen) atoms. The van der Waals surface area contributed by atoms with Gasteiger partial charge in [-0.1, -0.05) is 0 Å². The molecule has 0 atom stereocenters. The molecule has 0 radical (unpaired) electrons. The van der Waals surface area contributed by atoms with Gasteiger partial charge in [0.25, 0.3) is 0 Å². The molecule has 1 N–H and O–H groups in total. The lowest BCUT2D eigenvalue weighted by molar-refractivity contribution is 0.410. The molecule has 0 amide bonds. The Morgan fingerprint density at radius 2 is 1.76 bits per heavy atom. The Morgan fingerprint density at radius 3 is 2.48 bits per heavy atom. The summed E-state index contributed by atoms with van der Waals surface area (Å²) >= 11 is 0. The first-order valence-corrected chi connectivity index (χ1v) is 8.71. The van der Waals surface area contributed by atoms with E-state index >= 15 is 0 Å². The Kier molecular flexibility index (Phi) is 4.82. The Hall–Kier alpha value is -3.94. The molecule has 0 spiro atoms. The maximum Gasteiger partial charge on any atom is 0.325 e. The van der Waals surface area contributed by atoms with Gasteiger partial charge in [0.2, 0.25) is 5.88 Å². The minimum Gasteiger partial charge on any atom is -0.497 e. The van der Waals surface area contributed by atoms with Crippen LogP contribution in [0.15, 0.2) is 60.9 Å². The topological polar surface area (TPSA) is 80.6 Å². The number of nitrogens with zero attached hydrogens (tertiary/aromatic N) is 4.